The average Bonchev–Trinajstić information content (AvgIpc) is 2.61. The Balaban J connectivity index is 2.26. The van der Waals surface area contributed by atoms with E-state index >= 15 is 0 Å². The molecule has 3 heteroatoms. The Hall–Kier alpha value is -1.15. The van der Waals surface area contributed by atoms with Crippen molar-refractivity contribution in [3.8, 4) is 5.75 Å². The Morgan fingerprint density at radius 1 is 1.31 bits per heavy atom. The largest absolute Gasteiger partial charge is 0.492 e. The fraction of sp³-hybridized carbons (Fsp3) is 0.200. The highest BCUT2D eigenvalue weighted by atomic mass is 35.5. The molecule has 0 aliphatic rings. The summed E-state index contributed by atoms with van der Waals surface area (Å²) < 4.78 is 10.6. The highest BCUT2D eigenvalue weighted by Gasteiger charge is 1.98. The van der Waals surface area contributed by atoms with Crippen LogP contribution >= 0.6 is 11.6 Å². The summed E-state index contributed by atoms with van der Waals surface area (Å²) in [6.45, 7) is 0.533. The number of halogens is 1. The monoisotopic (exact) mass is 196 g/mol. The fourth-order valence-corrected chi connectivity index (χ4v) is 1.27. The van der Waals surface area contributed by atoms with Crippen LogP contribution in [-0.4, -0.2) is 12.5 Å². The molecule has 0 spiro atoms. The average molecular weight is 197 g/mol. The molecule has 2 aromatic rings. The Morgan fingerprint density at radius 2 is 2.23 bits per heavy atom. The third-order valence-electron chi connectivity index (χ3n) is 1.77. The SMILES string of the molecule is ClCCOc1ccc2occc2c1. The van der Waals surface area contributed by atoms with Crippen molar-refractivity contribution in [1.29, 1.82) is 0 Å². The molecule has 2 rings (SSSR count). The van der Waals surface area contributed by atoms with Crippen LogP contribution in [0.5, 0.6) is 5.75 Å². The zero-order valence-corrected chi connectivity index (χ0v) is 7.75. The highest BCUT2D eigenvalue weighted by molar-refractivity contribution is 6.18. The Kier molecular flexibility index (Phi) is 2.41. The highest BCUT2D eigenvalue weighted by Crippen LogP contribution is 2.21. The van der Waals surface area contributed by atoms with Crippen LogP contribution in [0, 0.1) is 0 Å². The molecule has 0 N–H and O–H groups in total. The van der Waals surface area contributed by atoms with Crippen molar-refractivity contribution >= 4 is 22.6 Å². The second-order valence-electron chi connectivity index (χ2n) is 2.66. The van der Waals surface area contributed by atoms with Gasteiger partial charge in [-0.05, 0) is 24.3 Å². The van der Waals surface area contributed by atoms with Crippen LogP contribution in [-0.2, 0) is 0 Å². The van der Waals surface area contributed by atoms with E-state index in [1.165, 1.54) is 0 Å². The molecule has 0 bridgehead atoms. The molecule has 13 heavy (non-hydrogen) atoms. The zero-order valence-electron chi connectivity index (χ0n) is 7.00. The number of hydrogen-bond donors (Lipinski definition) is 0. The van der Waals surface area contributed by atoms with E-state index in [1.54, 1.807) is 6.26 Å². The molecule has 68 valence electrons. The molecule has 0 atom stereocenters. The first-order chi connectivity index (χ1) is 6.40. The summed E-state index contributed by atoms with van der Waals surface area (Å²) in [6, 6.07) is 7.60. The minimum absolute atomic E-state index is 0.503. The van der Waals surface area contributed by atoms with Gasteiger partial charge in [0.2, 0.25) is 0 Å². The predicted molar refractivity (Wildman–Crippen MR) is 52.4 cm³/mol. The molecule has 0 amide bonds. The van der Waals surface area contributed by atoms with Crippen molar-refractivity contribution in [3.05, 3.63) is 30.5 Å². The first kappa shape index (κ1) is 8.45. The van der Waals surface area contributed by atoms with Crippen molar-refractivity contribution in [1.82, 2.24) is 0 Å². The lowest BCUT2D eigenvalue weighted by Gasteiger charge is -2.02. The summed E-state index contributed by atoms with van der Waals surface area (Å²) in [4.78, 5) is 0. The van der Waals surface area contributed by atoms with Gasteiger partial charge in [0.15, 0.2) is 0 Å². The van der Waals surface area contributed by atoms with E-state index in [1.807, 2.05) is 24.3 Å². The van der Waals surface area contributed by atoms with Gasteiger partial charge < -0.3 is 9.15 Å². The quantitative estimate of drug-likeness (QED) is 0.704. The number of furan rings is 1. The van der Waals surface area contributed by atoms with Crippen LogP contribution in [0.15, 0.2) is 34.9 Å². The van der Waals surface area contributed by atoms with Gasteiger partial charge in [-0.15, -0.1) is 11.6 Å². The molecule has 0 saturated carbocycles. The van der Waals surface area contributed by atoms with Crippen LogP contribution < -0.4 is 4.74 Å². The lowest BCUT2D eigenvalue weighted by molar-refractivity contribution is 0.343. The third kappa shape index (κ3) is 1.78. The number of rotatable bonds is 3. The van der Waals surface area contributed by atoms with Crippen molar-refractivity contribution in [2.45, 2.75) is 0 Å². The first-order valence-corrected chi connectivity index (χ1v) is 4.59. The van der Waals surface area contributed by atoms with Crippen molar-refractivity contribution in [2.75, 3.05) is 12.5 Å². The van der Waals surface area contributed by atoms with E-state index in [0.717, 1.165) is 16.7 Å². The summed E-state index contributed by atoms with van der Waals surface area (Å²) in [6.07, 6.45) is 1.66. The Bertz CT molecular complexity index is 394. The maximum absolute atomic E-state index is 5.51. The maximum Gasteiger partial charge on any atom is 0.134 e. The van der Waals surface area contributed by atoms with Gasteiger partial charge in [-0.3, -0.25) is 0 Å². The summed E-state index contributed by atoms with van der Waals surface area (Å²) in [5.41, 5.74) is 0.873. The van der Waals surface area contributed by atoms with Crippen LogP contribution in [0.4, 0.5) is 0 Å². The van der Waals surface area contributed by atoms with Gasteiger partial charge in [0.25, 0.3) is 0 Å². The van der Waals surface area contributed by atoms with E-state index in [0.29, 0.717) is 12.5 Å². The minimum Gasteiger partial charge on any atom is -0.492 e. The van der Waals surface area contributed by atoms with E-state index < -0.39 is 0 Å². The molecule has 2 nitrogen and oxygen atoms in total. The molecule has 0 aliphatic carbocycles. The lowest BCUT2D eigenvalue weighted by atomic mass is 10.2. The van der Waals surface area contributed by atoms with E-state index in [4.69, 9.17) is 20.8 Å². The summed E-state index contributed by atoms with van der Waals surface area (Å²) in [5, 5.41) is 1.05. The fourth-order valence-electron chi connectivity index (χ4n) is 1.19. The van der Waals surface area contributed by atoms with Crippen molar-refractivity contribution in [2.24, 2.45) is 0 Å². The topological polar surface area (TPSA) is 22.4 Å². The van der Waals surface area contributed by atoms with Gasteiger partial charge in [0.1, 0.15) is 17.9 Å². The molecule has 1 heterocycles. The lowest BCUT2D eigenvalue weighted by Crippen LogP contribution is -1.97. The first-order valence-electron chi connectivity index (χ1n) is 4.06. The molecule has 0 radical (unpaired) electrons. The van der Waals surface area contributed by atoms with Gasteiger partial charge >= 0.3 is 0 Å². The van der Waals surface area contributed by atoms with Crippen LogP contribution in [0.2, 0.25) is 0 Å². The number of hydrogen-bond acceptors (Lipinski definition) is 2. The minimum atomic E-state index is 0.503. The van der Waals surface area contributed by atoms with E-state index in [-0.39, 0.29) is 0 Å². The summed E-state index contributed by atoms with van der Waals surface area (Å²) >= 11 is 5.51. The maximum atomic E-state index is 5.51. The van der Waals surface area contributed by atoms with Crippen LogP contribution in [0.25, 0.3) is 11.0 Å². The molecular formula is C10H9ClO2. The van der Waals surface area contributed by atoms with Crippen molar-refractivity contribution in [3.63, 3.8) is 0 Å². The smallest absolute Gasteiger partial charge is 0.134 e. The Morgan fingerprint density at radius 3 is 3.08 bits per heavy atom. The van der Waals surface area contributed by atoms with Crippen LogP contribution in [0.1, 0.15) is 0 Å². The number of benzene rings is 1. The summed E-state index contributed by atoms with van der Waals surface area (Å²) in [5.74, 6) is 1.33. The second kappa shape index (κ2) is 3.71. The van der Waals surface area contributed by atoms with Gasteiger partial charge in [0.05, 0.1) is 12.1 Å². The molecule has 0 fully saturated rings. The standard InChI is InChI=1S/C10H9ClO2/c11-4-6-12-9-1-2-10-8(7-9)3-5-13-10/h1-3,5,7H,4,6H2. The second-order valence-corrected chi connectivity index (χ2v) is 3.04. The van der Waals surface area contributed by atoms with Gasteiger partial charge in [-0.1, -0.05) is 0 Å². The zero-order chi connectivity index (χ0) is 9.10. The Labute approximate surface area is 81.1 Å². The normalized spacial score (nSPS) is 10.5. The van der Waals surface area contributed by atoms with E-state index in [9.17, 15) is 0 Å². The van der Waals surface area contributed by atoms with Gasteiger partial charge in [-0.25, -0.2) is 0 Å². The van der Waals surface area contributed by atoms with Crippen molar-refractivity contribution < 1.29 is 9.15 Å². The molecular weight excluding hydrogens is 188 g/mol. The predicted octanol–water partition coefficient (Wildman–Crippen LogP) is 3.05. The van der Waals surface area contributed by atoms with E-state index in [2.05, 4.69) is 0 Å². The molecule has 1 aromatic heterocycles. The molecule has 0 saturated heterocycles. The number of alkyl halides is 1. The molecule has 0 unspecified atom stereocenters. The van der Waals surface area contributed by atoms with Gasteiger partial charge in [0, 0.05) is 5.39 Å². The van der Waals surface area contributed by atoms with Gasteiger partial charge in [-0.2, -0.15) is 0 Å². The molecule has 1 aromatic carbocycles. The third-order valence-corrected chi connectivity index (χ3v) is 1.92. The number of ether oxygens (including phenoxy) is 1. The number of fused-ring (bicyclic) bond motifs is 1. The summed E-state index contributed by atoms with van der Waals surface area (Å²) in [7, 11) is 0. The van der Waals surface area contributed by atoms with Crippen LogP contribution in [0.3, 0.4) is 0 Å². The molecule has 0 aliphatic heterocycles.